The number of halogens is 4. The summed E-state index contributed by atoms with van der Waals surface area (Å²) >= 11 is 0. The first kappa shape index (κ1) is 16.7. The van der Waals surface area contributed by atoms with E-state index in [9.17, 15) is 18.0 Å². The van der Waals surface area contributed by atoms with Crippen molar-refractivity contribution in [2.45, 2.75) is 25.1 Å². The van der Waals surface area contributed by atoms with Crippen LogP contribution in [0.5, 0.6) is 0 Å². The number of nitrogens with two attached hydrogens (primary N) is 1. The Labute approximate surface area is 108 Å². The highest BCUT2D eigenvalue weighted by Crippen LogP contribution is 2.32. The fourth-order valence-electron chi connectivity index (χ4n) is 1.55. The van der Waals surface area contributed by atoms with Crippen molar-refractivity contribution in [1.29, 1.82) is 0 Å². The molecule has 3 N–H and O–H groups in total. The van der Waals surface area contributed by atoms with Gasteiger partial charge in [0.2, 0.25) is 0 Å². The van der Waals surface area contributed by atoms with Crippen LogP contribution < -0.4 is 5.73 Å². The normalized spacial score (nSPS) is 12.7. The number of carboxylic acids is 1. The third-order valence-corrected chi connectivity index (χ3v) is 2.24. The molecule has 0 aliphatic carbocycles. The molecule has 0 aliphatic heterocycles. The predicted octanol–water partition coefficient (Wildman–Crippen LogP) is 2.47. The van der Waals surface area contributed by atoms with E-state index in [1.807, 2.05) is 0 Å². The van der Waals surface area contributed by atoms with Crippen molar-refractivity contribution < 1.29 is 23.1 Å². The molecule has 0 heterocycles. The van der Waals surface area contributed by atoms with Gasteiger partial charge >= 0.3 is 12.1 Å². The number of carboxylic acid groups (broad SMARTS) is 1. The first-order valence-corrected chi connectivity index (χ1v) is 4.93. The van der Waals surface area contributed by atoms with E-state index >= 15 is 0 Å². The Morgan fingerprint density at radius 3 is 2.39 bits per heavy atom. The summed E-state index contributed by atoms with van der Waals surface area (Å²) in [5.74, 6) is -1.12. The average molecular weight is 284 g/mol. The largest absolute Gasteiger partial charge is 0.481 e. The summed E-state index contributed by atoms with van der Waals surface area (Å²) < 4.78 is 37.8. The van der Waals surface area contributed by atoms with Gasteiger partial charge < -0.3 is 10.8 Å². The Hall–Kier alpha value is -1.27. The maximum atomic E-state index is 12.6. The van der Waals surface area contributed by atoms with E-state index in [1.54, 1.807) is 0 Å². The number of alkyl halides is 3. The summed E-state index contributed by atoms with van der Waals surface area (Å²) in [6, 6.07) is 4.21. The van der Waals surface area contributed by atoms with Crippen LogP contribution in [0.4, 0.5) is 13.2 Å². The van der Waals surface area contributed by atoms with Crippen molar-refractivity contribution in [1.82, 2.24) is 0 Å². The fraction of sp³-hybridized carbons (Fsp3) is 0.364. The molecule has 7 heteroatoms. The molecule has 0 aromatic heterocycles. The smallest absolute Gasteiger partial charge is 0.416 e. The molecule has 3 nitrogen and oxygen atoms in total. The Morgan fingerprint density at radius 2 is 1.89 bits per heavy atom. The van der Waals surface area contributed by atoms with Crippen molar-refractivity contribution in [3.8, 4) is 0 Å². The van der Waals surface area contributed by atoms with Crippen molar-refractivity contribution in [3.05, 3.63) is 35.4 Å². The summed E-state index contributed by atoms with van der Waals surface area (Å²) in [5, 5.41) is 8.49. The fourth-order valence-corrected chi connectivity index (χ4v) is 1.55. The molecule has 1 aromatic rings. The molecule has 0 aliphatic rings. The first-order chi connectivity index (χ1) is 7.80. The molecule has 0 unspecified atom stereocenters. The van der Waals surface area contributed by atoms with E-state index in [0.29, 0.717) is 0 Å². The highest BCUT2D eigenvalue weighted by atomic mass is 35.5. The predicted molar refractivity (Wildman–Crippen MR) is 62.6 cm³/mol. The van der Waals surface area contributed by atoms with E-state index in [1.165, 1.54) is 18.2 Å². The van der Waals surface area contributed by atoms with Crippen LogP contribution in [0.3, 0.4) is 0 Å². The molecule has 0 amide bonds. The van der Waals surface area contributed by atoms with Gasteiger partial charge in [0.15, 0.2) is 0 Å². The van der Waals surface area contributed by atoms with Gasteiger partial charge in [-0.25, -0.2) is 0 Å². The van der Waals surface area contributed by atoms with Crippen LogP contribution in [-0.2, 0) is 17.4 Å². The maximum absolute atomic E-state index is 12.6. The number of benzene rings is 1. The van der Waals surface area contributed by atoms with Crippen LogP contribution in [0.1, 0.15) is 17.5 Å². The minimum Gasteiger partial charge on any atom is -0.481 e. The van der Waals surface area contributed by atoms with Gasteiger partial charge in [-0.3, -0.25) is 4.79 Å². The minimum atomic E-state index is -4.44. The molecule has 18 heavy (non-hydrogen) atoms. The lowest BCUT2D eigenvalue weighted by Gasteiger charge is -2.15. The van der Waals surface area contributed by atoms with Gasteiger partial charge in [0.25, 0.3) is 0 Å². The van der Waals surface area contributed by atoms with Crippen LogP contribution >= 0.6 is 12.4 Å². The second kappa shape index (κ2) is 6.61. The number of carbonyl (C=O) groups is 1. The van der Waals surface area contributed by atoms with E-state index in [0.717, 1.165) is 6.07 Å². The Kier molecular flexibility index (Phi) is 6.14. The lowest BCUT2D eigenvalue weighted by Crippen LogP contribution is -2.27. The van der Waals surface area contributed by atoms with Crippen LogP contribution in [0.2, 0.25) is 0 Å². The molecule has 0 saturated carbocycles. The molecule has 102 valence electrons. The van der Waals surface area contributed by atoms with Crippen molar-refractivity contribution in [2.24, 2.45) is 5.73 Å². The summed E-state index contributed by atoms with van der Waals surface area (Å²) in [6.07, 6.45) is -4.91. The zero-order valence-corrected chi connectivity index (χ0v) is 10.1. The van der Waals surface area contributed by atoms with Crippen molar-refractivity contribution in [2.75, 3.05) is 0 Å². The van der Waals surface area contributed by atoms with Crippen molar-refractivity contribution in [3.63, 3.8) is 0 Å². The number of hydrogen-bond donors (Lipinski definition) is 2. The maximum Gasteiger partial charge on any atom is 0.416 e. The summed E-state index contributed by atoms with van der Waals surface area (Å²) in [5.41, 5.74) is 4.73. The van der Waals surface area contributed by atoms with Crippen LogP contribution in [0.15, 0.2) is 24.3 Å². The lowest BCUT2D eigenvalue weighted by atomic mass is 9.99. The monoisotopic (exact) mass is 283 g/mol. The van der Waals surface area contributed by atoms with E-state index in [4.69, 9.17) is 10.8 Å². The topological polar surface area (TPSA) is 63.3 Å². The average Bonchev–Trinajstić information content (AvgIpc) is 2.15. The van der Waals surface area contributed by atoms with E-state index < -0.39 is 23.8 Å². The van der Waals surface area contributed by atoms with Gasteiger partial charge in [-0.2, -0.15) is 13.2 Å². The summed E-state index contributed by atoms with van der Waals surface area (Å²) in [4.78, 5) is 10.4. The quantitative estimate of drug-likeness (QED) is 0.892. The third-order valence-electron chi connectivity index (χ3n) is 2.24. The lowest BCUT2D eigenvalue weighted by molar-refractivity contribution is -0.138. The number of rotatable bonds is 4. The Balaban J connectivity index is 0.00000289. The third kappa shape index (κ3) is 4.93. The van der Waals surface area contributed by atoms with E-state index in [2.05, 4.69) is 0 Å². The molecular weight excluding hydrogens is 271 g/mol. The Morgan fingerprint density at radius 1 is 1.33 bits per heavy atom. The van der Waals surface area contributed by atoms with Crippen LogP contribution in [-0.4, -0.2) is 17.1 Å². The number of aliphatic carboxylic acids is 1. The second-order valence-electron chi connectivity index (χ2n) is 3.72. The molecule has 0 bridgehead atoms. The zero-order chi connectivity index (χ0) is 13.1. The minimum absolute atomic E-state index is 0. The van der Waals surface area contributed by atoms with Crippen LogP contribution in [0, 0.1) is 0 Å². The molecule has 1 atom stereocenters. The van der Waals surface area contributed by atoms with Gasteiger partial charge in [0.05, 0.1) is 12.0 Å². The molecule has 0 spiro atoms. The first-order valence-electron chi connectivity index (χ1n) is 4.93. The van der Waals surface area contributed by atoms with Gasteiger partial charge in [-0.15, -0.1) is 12.4 Å². The van der Waals surface area contributed by atoms with E-state index in [-0.39, 0.29) is 30.8 Å². The number of hydrogen-bond acceptors (Lipinski definition) is 2. The molecule has 1 rings (SSSR count). The zero-order valence-electron chi connectivity index (χ0n) is 9.28. The standard InChI is InChI=1S/C11H12F3NO2.ClH/c12-11(13,14)9-4-2-1-3-7(9)5-8(15)6-10(16)17;/h1-4,8H,5-6,15H2,(H,16,17);1H/t8-;/m1./s1. The van der Waals surface area contributed by atoms with Crippen LogP contribution in [0.25, 0.3) is 0 Å². The van der Waals surface area contributed by atoms with Gasteiger partial charge in [-0.05, 0) is 18.1 Å². The van der Waals surface area contributed by atoms with Gasteiger partial charge in [0.1, 0.15) is 0 Å². The molecule has 0 fully saturated rings. The molecular formula is C11H13ClF3NO2. The molecule has 1 aromatic carbocycles. The van der Waals surface area contributed by atoms with Gasteiger partial charge in [0, 0.05) is 6.04 Å². The SMILES string of the molecule is Cl.N[C@@H](CC(=O)O)Cc1ccccc1C(F)(F)F. The van der Waals surface area contributed by atoms with Gasteiger partial charge in [-0.1, -0.05) is 18.2 Å². The second-order valence-corrected chi connectivity index (χ2v) is 3.72. The summed E-state index contributed by atoms with van der Waals surface area (Å²) in [7, 11) is 0. The summed E-state index contributed by atoms with van der Waals surface area (Å²) in [6.45, 7) is 0. The molecule has 0 saturated heterocycles. The highest BCUT2D eigenvalue weighted by molar-refractivity contribution is 5.85. The molecule has 0 radical (unpaired) electrons. The Bertz CT molecular complexity index is 410. The highest BCUT2D eigenvalue weighted by Gasteiger charge is 2.33. The van der Waals surface area contributed by atoms with Crippen molar-refractivity contribution >= 4 is 18.4 Å².